The van der Waals surface area contributed by atoms with E-state index in [2.05, 4.69) is 4.98 Å². The lowest BCUT2D eigenvalue weighted by Gasteiger charge is -2.35. The van der Waals surface area contributed by atoms with Crippen molar-refractivity contribution in [2.75, 3.05) is 37.3 Å². The van der Waals surface area contributed by atoms with Gasteiger partial charge in [-0.25, -0.2) is 8.42 Å². The maximum atomic E-state index is 12.6. The first kappa shape index (κ1) is 21.8. The number of anilines is 1. The van der Waals surface area contributed by atoms with Gasteiger partial charge in [0.25, 0.3) is 17.2 Å². The predicted molar refractivity (Wildman–Crippen MR) is 120 cm³/mol. The van der Waals surface area contributed by atoms with Gasteiger partial charge in [-0.2, -0.15) is 4.98 Å². The zero-order valence-corrected chi connectivity index (χ0v) is 18.6. The van der Waals surface area contributed by atoms with Crippen molar-refractivity contribution >= 4 is 48.0 Å². The van der Waals surface area contributed by atoms with Crippen molar-refractivity contribution < 1.29 is 18.1 Å². The minimum atomic E-state index is -3.75. The summed E-state index contributed by atoms with van der Waals surface area (Å²) in [5.74, 6) is -0.0890. The van der Waals surface area contributed by atoms with E-state index in [4.69, 9.17) is 0 Å². The zero-order valence-electron chi connectivity index (χ0n) is 16.9. The molecule has 3 aromatic rings. The van der Waals surface area contributed by atoms with Crippen LogP contribution in [-0.2, 0) is 9.84 Å². The van der Waals surface area contributed by atoms with E-state index in [9.17, 15) is 28.1 Å². The van der Waals surface area contributed by atoms with E-state index in [-0.39, 0.29) is 20.9 Å². The number of hydrogen-bond donors (Lipinski definition) is 0. The molecule has 0 spiro atoms. The summed E-state index contributed by atoms with van der Waals surface area (Å²) in [5, 5.41) is 11.8. The van der Waals surface area contributed by atoms with E-state index >= 15 is 0 Å². The number of rotatable bonds is 4. The van der Waals surface area contributed by atoms with Gasteiger partial charge < -0.3 is 9.80 Å². The van der Waals surface area contributed by atoms with Gasteiger partial charge in [-0.05, 0) is 18.2 Å². The smallest absolute Gasteiger partial charge is 0.288 e. The second-order valence-corrected chi connectivity index (χ2v) is 10.3. The lowest BCUT2D eigenvalue weighted by molar-refractivity contribution is -0.383. The second kappa shape index (κ2) is 8.28. The summed E-state index contributed by atoms with van der Waals surface area (Å²) in [6, 6.07) is 11.0. The third-order valence-electron chi connectivity index (χ3n) is 5.15. The number of nitrogens with zero attached hydrogens (tertiary/aromatic N) is 4. The SMILES string of the molecule is CS(=O)(=O)c1cc([N+](=O)[O-])c2sc(N3CCN(C(=O)c4ccccc4)CC3)nc(=O)c2c1. The van der Waals surface area contributed by atoms with Crippen LogP contribution in [0.3, 0.4) is 0 Å². The number of non-ortho nitro benzene ring substituents is 1. The molecule has 4 rings (SSSR count). The lowest BCUT2D eigenvalue weighted by Crippen LogP contribution is -2.49. The van der Waals surface area contributed by atoms with Gasteiger partial charge in [-0.3, -0.25) is 19.7 Å². The van der Waals surface area contributed by atoms with Crippen molar-refractivity contribution in [1.82, 2.24) is 9.88 Å². The van der Waals surface area contributed by atoms with Crippen molar-refractivity contribution in [1.29, 1.82) is 0 Å². The van der Waals surface area contributed by atoms with Crippen LogP contribution in [0.25, 0.3) is 10.1 Å². The van der Waals surface area contributed by atoms with Gasteiger partial charge >= 0.3 is 0 Å². The molecule has 2 aromatic carbocycles. The molecule has 0 saturated carbocycles. The number of nitro benzene ring substituents is 1. The van der Waals surface area contributed by atoms with Crippen molar-refractivity contribution in [2.45, 2.75) is 4.90 Å². The quantitative estimate of drug-likeness (QED) is 0.414. The predicted octanol–water partition coefficient (Wildman–Crippen LogP) is 1.93. The Kier molecular flexibility index (Phi) is 5.65. The number of fused-ring (bicyclic) bond motifs is 1. The molecule has 0 atom stereocenters. The van der Waals surface area contributed by atoms with Crippen LogP contribution in [0.1, 0.15) is 10.4 Å². The van der Waals surface area contributed by atoms with Crippen molar-refractivity contribution in [2.24, 2.45) is 0 Å². The van der Waals surface area contributed by atoms with Crippen LogP contribution in [0.4, 0.5) is 10.8 Å². The fourth-order valence-electron chi connectivity index (χ4n) is 3.46. The third-order valence-corrected chi connectivity index (χ3v) is 7.40. The molecule has 1 aliphatic rings. The van der Waals surface area contributed by atoms with Crippen molar-refractivity contribution in [3.63, 3.8) is 0 Å². The highest BCUT2D eigenvalue weighted by atomic mass is 32.2. The van der Waals surface area contributed by atoms with Gasteiger partial charge in [-0.15, -0.1) is 0 Å². The van der Waals surface area contributed by atoms with Crippen LogP contribution >= 0.6 is 11.3 Å². The number of carbonyl (C=O) groups excluding carboxylic acids is 1. The average Bonchev–Trinajstić information content (AvgIpc) is 2.78. The van der Waals surface area contributed by atoms with Crippen molar-refractivity contribution in [3.8, 4) is 0 Å². The van der Waals surface area contributed by atoms with Gasteiger partial charge in [0.2, 0.25) is 0 Å². The summed E-state index contributed by atoms with van der Waals surface area (Å²) in [6.45, 7) is 1.62. The Balaban J connectivity index is 1.65. The van der Waals surface area contributed by atoms with Gasteiger partial charge in [0.05, 0.1) is 15.2 Å². The first-order valence-corrected chi connectivity index (χ1v) is 12.3. The molecule has 10 nitrogen and oxygen atoms in total. The number of hydrogen-bond acceptors (Lipinski definition) is 9. The maximum absolute atomic E-state index is 12.6. The Hall–Kier alpha value is -3.38. The minimum Gasteiger partial charge on any atom is -0.344 e. The highest BCUT2D eigenvalue weighted by Crippen LogP contribution is 2.34. The van der Waals surface area contributed by atoms with Crippen LogP contribution in [0.5, 0.6) is 0 Å². The Morgan fingerprint density at radius 1 is 1.12 bits per heavy atom. The van der Waals surface area contributed by atoms with Crippen LogP contribution in [0.15, 0.2) is 52.2 Å². The van der Waals surface area contributed by atoms with Gasteiger partial charge in [0, 0.05) is 44.1 Å². The highest BCUT2D eigenvalue weighted by molar-refractivity contribution is 7.90. The molecule has 166 valence electrons. The van der Waals surface area contributed by atoms with E-state index in [0.29, 0.717) is 36.9 Å². The van der Waals surface area contributed by atoms with Gasteiger partial charge in [0.15, 0.2) is 15.0 Å². The first-order valence-electron chi connectivity index (χ1n) is 9.58. The molecular weight excluding hydrogens is 456 g/mol. The molecule has 1 aliphatic heterocycles. The zero-order chi connectivity index (χ0) is 23.0. The topological polar surface area (TPSA) is 131 Å². The average molecular weight is 475 g/mol. The molecule has 1 aromatic heterocycles. The van der Waals surface area contributed by atoms with E-state index in [1.54, 1.807) is 34.1 Å². The molecule has 1 saturated heterocycles. The molecule has 2 heterocycles. The Morgan fingerprint density at radius 3 is 2.38 bits per heavy atom. The van der Waals surface area contributed by atoms with Gasteiger partial charge in [0.1, 0.15) is 4.70 Å². The first-order chi connectivity index (χ1) is 15.1. The largest absolute Gasteiger partial charge is 0.344 e. The molecule has 0 radical (unpaired) electrons. The molecule has 1 amide bonds. The number of amides is 1. The van der Waals surface area contributed by atoms with Gasteiger partial charge in [-0.1, -0.05) is 29.5 Å². The summed E-state index contributed by atoms with van der Waals surface area (Å²) in [7, 11) is -3.75. The van der Waals surface area contributed by atoms with E-state index in [1.807, 2.05) is 6.07 Å². The molecule has 0 unspecified atom stereocenters. The fraction of sp³-hybridized carbons (Fsp3) is 0.250. The summed E-state index contributed by atoms with van der Waals surface area (Å²) in [6.07, 6.45) is 0.920. The molecule has 0 aliphatic carbocycles. The second-order valence-electron chi connectivity index (χ2n) is 7.30. The summed E-state index contributed by atoms with van der Waals surface area (Å²) < 4.78 is 23.8. The Labute approximate surface area is 186 Å². The molecule has 1 fully saturated rings. The Morgan fingerprint density at radius 2 is 1.78 bits per heavy atom. The van der Waals surface area contributed by atoms with Crippen LogP contribution in [0, 0.1) is 10.1 Å². The minimum absolute atomic E-state index is 0.0696. The maximum Gasteiger partial charge on any atom is 0.288 e. The number of carbonyl (C=O) groups is 1. The monoisotopic (exact) mass is 474 g/mol. The highest BCUT2D eigenvalue weighted by Gasteiger charge is 2.26. The summed E-state index contributed by atoms with van der Waals surface area (Å²) in [4.78, 5) is 43.4. The normalized spacial score (nSPS) is 14.5. The molecule has 0 bridgehead atoms. The van der Waals surface area contributed by atoms with E-state index < -0.39 is 26.0 Å². The fourth-order valence-corrected chi connectivity index (χ4v) is 5.24. The summed E-state index contributed by atoms with van der Waals surface area (Å²) in [5.41, 5.74) is -0.594. The van der Waals surface area contributed by atoms with Crippen LogP contribution in [0.2, 0.25) is 0 Å². The third kappa shape index (κ3) is 4.18. The number of sulfone groups is 1. The molecule has 32 heavy (non-hydrogen) atoms. The number of aromatic nitrogens is 1. The Bertz CT molecular complexity index is 1380. The lowest BCUT2D eigenvalue weighted by atomic mass is 10.2. The number of nitro groups is 1. The number of benzene rings is 2. The molecule has 0 N–H and O–H groups in total. The summed E-state index contributed by atoms with van der Waals surface area (Å²) >= 11 is 0.963. The van der Waals surface area contributed by atoms with Crippen LogP contribution in [-0.4, -0.2) is 61.6 Å². The standard InChI is InChI=1S/C20H18N4O6S2/c1-32(29,30)14-11-15-17(16(12-14)24(27)28)31-20(21-18(15)25)23-9-7-22(8-10-23)19(26)13-5-3-2-4-6-13/h2-6,11-12H,7-10H2,1H3. The van der Waals surface area contributed by atoms with Crippen LogP contribution < -0.4 is 10.5 Å². The number of piperazine rings is 1. The molecule has 12 heteroatoms. The van der Waals surface area contributed by atoms with E-state index in [1.165, 1.54) is 0 Å². The van der Waals surface area contributed by atoms with E-state index in [0.717, 1.165) is 29.7 Å². The molecular formula is C20H18N4O6S2. The van der Waals surface area contributed by atoms with Crippen molar-refractivity contribution in [3.05, 3.63) is 68.5 Å².